The third kappa shape index (κ3) is 3.94. The van der Waals surface area contributed by atoms with Crippen molar-refractivity contribution >= 4 is 23.6 Å². The van der Waals surface area contributed by atoms with E-state index in [0.717, 1.165) is 11.3 Å². The first-order valence-electron chi connectivity index (χ1n) is 7.28. The largest absolute Gasteiger partial charge is 0.496 e. The van der Waals surface area contributed by atoms with Crippen LogP contribution in [-0.2, 0) is 16.0 Å². The summed E-state index contributed by atoms with van der Waals surface area (Å²) in [6.07, 6.45) is 0.690. The molecule has 0 saturated carbocycles. The highest BCUT2D eigenvalue weighted by Crippen LogP contribution is 2.28. The first-order valence-corrected chi connectivity index (χ1v) is 8.27. The SMILES string of the molecule is COc1ccccc1CCNC(=O)C1CSC(C)(C)C(=O)N1. The Labute approximate surface area is 135 Å². The number of rotatable bonds is 5. The van der Waals surface area contributed by atoms with Crippen molar-refractivity contribution in [1.82, 2.24) is 10.6 Å². The first-order chi connectivity index (χ1) is 10.4. The molecule has 0 spiro atoms. The zero-order chi connectivity index (χ0) is 16.2. The van der Waals surface area contributed by atoms with Crippen LogP contribution < -0.4 is 15.4 Å². The molecular formula is C16H22N2O3S. The summed E-state index contributed by atoms with van der Waals surface area (Å²) in [6, 6.07) is 7.28. The van der Waals surface area contributed by atoms with Gasteiger partial charge in [-0.25, -0.2) is 0 Å². The lowest BCUT2D eigenvalue weighted by Gasteiger charge is -2.32. The van der Waals surface area contributed by atoms with Crippen LogP contribution >= 0.6 is 11.8 Å². The van der Waals surface area contributed by atoms with E-state index in [1.54, 1.807) is 7.11 Å². The molecule has 0 radical (unpaired) electrons. The number of para-hydroxylation sites is 1. The Morgan fingerprint density at radius 3 is 2.86 bits per heavy atom. The molecule has 0 aromatic heterocycles. The molecule has 1 aromatic rings. The van der Waals surface area contributed by atoms with Crippen LogP contribution in [0.15, 0.2) is 24.3 Å². The molecule has 6 heteroatoms. The molecule has 1 atom stereocenters. The van der Waals surface area contributed by atoms with Crippen LogP contribution in [0, 0.1) is 0 Å². The standard InChI is InChI=1S/C16H22N2O3S/c1-16(2)15(20)18-12(10-22-16)14(19)17-9-8-11-6-4-5-7-13(11)21-3/h4-7,12H,8-10H2,1-3H3,(H,17,19)(H,18,20). The molecular weight excluding hydrogens is 300 g/mol. The van der Waals surface area contributed by atoms with Crippen LogP contribution in [0.2, 0.25) is 0 Å². The van der Waals surface area contributed by atoms with Crippen LogP contribution in [0.3, 0.4) is 0 Å². The first kappa shape index (κ1) is 16.7. The number of thioether (sulfide) groups is 1. The third-order valence-corrected chi connectivity index (χ3v) is 5.07. The van der Waals surface area contributed by atoms with Gasteiger partial charge in [0.05, 0.1) is 11.9 Å². The molecule has 2 N–H and O–H groups in total. The predicted octanol–water partition coefficient (Wildman–Crippen LogP) is 1.36. The quantitative estimate of drug-likeness (QED) is 0.859. The van der Waals surface area contributed by atoms with E-state index in [4.69, 9.17) is 4.74 Å². The van der Waals surface area contributed by atoms with Crippen LogP contribution in [0.25, 0.3) is 0 Å². The summed E-state index contributed by atoms with van der Waals surface area (Å²) in [6.45, 7) is 4.24. The lowest BCUT2D eigenvalue weighted by atomic mass is 10.1. The Hall–Kier alpha value is -1.69. The van der Waals surface area contributed by atoms with Gasteiger partial charge in [0.1, 0.15) is 11.8 Å². The summed E-state index contributed by atoms with van der Waals surface area (Å²) in [4.78, 5) is 24.0. The minimum Gasteiger partial charge on any atom is -0.496 e. The lowest BCUT2D eigenvalue weighted by Crippen LogP contribution is -2.57. The Balaban J connectivity index is 1.82. The van der Waals surface area contributed by atoms with Crippen molar-refractivity contribution in [3.63, 3.8) is 0 Å². The topological polar surface area (TPSA) is 67.4 Å². The normalized spacial score (nSPS) is 20.1. The minimum atomic E-state index is -0.464. The van der Waals surface area contributed by atoms with Crippen molar-refractivity contribution in [2.45, 2.75) is 31.1 Å². The van der Waals surface area contributed by atoms with Crippen molar-refractivity contribution in [2.24, 2.45) is 0 Å². The van der Waals surface area contributed by atoms with Gasteiger partial charge in [-0.05, 0) is 31.9 Å². The number of amides is 2. The van der Waals surface area contributed by atoms with Crippen molar-refractivity contribution in [1.29, 1.82) is 0 Å². The van der Waals surface area contributed by atoms with Gasteiger partial charge in [-0.1, -0.05) is 18.2 Å². The van der Waals surface area contributed by atoms with Crippen molar-refractivity contribution in [3.8, 4) is 5.75 Å². The van der Waals surface area contributed by atoms with Crippen molar-refractivity contribution in [3.05, 3.63) is 29.8 Å². The highest BCUT2D eigenvalue weighted by molar-refractivity contribution is 8.01. The lowest BCUT2D eigenvalue weighted by molar-refractivity contribution is -0.129. The van der Waals surface area contributed by atoms with E-state index in [0.29, 0.717) is 18.7 Å². The summed E-state index contributed by atoms with van der Waals surface area (Å²) in [5.74, 6) is 1.19. The fraction of sp³-hybridized carbons (Fsp3) is 0.500. The highest BCUT2D eigenvalue weighted by atomic mass is 32.2. The summed E-state index contributed by atoms with van der Waals surface area (Å²) in [5.41, 5.74) is 1.05. The molecule has 1 fully saturated rings. The van der Waals surface area contributed by atoms with Crippen LogP contribution in [0.1, 0.15) is 19.4 Å². The molecule has 2 amide bonds. The van der Waals surface area contributed by atoms with Gasteiger partial charge in [0, 0.05) is 12.3 Å². The van der Waals surface area contributed by atoms with Crippen LogP contribution in [-0.4, -0.2) is 42.0 Å². The number of methoxy groups -OCH3 is 1. The summed E-state index contributed by atoms with van der Waals surface area (Å²) in [5, 5.41) is 5.66. The molecule has 1 heterocycles. The predicted molar refractivity (Wildman–Crippen MR) is 88.2 cm³/mol. The smallest absolute Gasteiger partial charge is 0.243 e. The van der Waals surface area contributed by atoms with Gasteiger partial charge in [-0.15, -0.1) is 11.8 Å². The Kier molecular flexibility index (Phi) is 5.34. The zero-order valence-electron chi connectivity index (χ0n) is 13.1. The second-order valence-corrected chi connectivity index (χ2v) is 7.34. The molecule has 5 nitrogen and oxygen atoms in total. The summed E-state index contributed by atoms with van der Waals surface area (Å²) in [7, 11) is 1.63. The van der Waals surface area contributed by atoms with E-state index in [1.165, 1.54) is 11.8 Å². The molecule has 2 rings (SSSR count). The molecule has 1 unspecified atom stereocenters. The van der Waals surface area contributed by atoms with Gasteiger partial charge in [-0.2, -0.15) is 0 Å². The number of benzene rings is 1. The van der Waals surface area contributed by atoms with Gasteiger partial charge < -0.3 is 15.4 Å². The average molecular weight is 322 g/mol. The number of hydrogen-bond donors (Lipinski definition) is 2. The van der Waals surface area contributed by atoms with Crippen LogP contribution in [0.5, 0.6) is 5.75 Å². The second kappa shape index (κ2) is 7.05. The Morgan fingerprint density at radius 2 is 2.18 bits per heavy atom. The number of ether oxygens (including phenoxy) is 1. The number of nitrogens with one attached hydrogen (secondary N) is 2. The van der Waals surface area contributed by atoms with Crippen molar-refractivity contribution in [2.75, 3.05) is 19.4 Å². The molecule has 1 aliphatic rings. The van der Waals surface area contributed by atoms with E-state index >= 15 is 0 Å². The maximum atomic E-state index is 12.1. The van der Waals surface area contributed by atoms with Gasteiger partial charge in [0.25, 0.3) is 0 Å². The van der Waals surface area contributed by atoms with Gasteiger partial charge in [0.2, 0.25) is 11.8 Å². The average Bonchev–Trinajstić information content (AvgIpc) is 2.50. The molecule has 120 valence electrons. The maximum Gasteiger partial charge on any atom is 0.243 e. The summed E-state index contributed by atoms with van der Waals surface area (Å²) >= 11 is 1.51. The Bertz CT molecular complexity index is 560. The van der Waals surface area contributed by atoms with Gasteiger partial charge in [0.15, 0.2) is 0 Å². The summed E-state index contributed by atoms with van der Waals surface area (Å²) < 4.78 is 4.82. The number of carbonyl (C=O) groups excluding carboxylic acids is 2. The van der Waals surface area contributed by atoms with Gasteiger partial charge >= 0.3 is 0 Å². The fourth-order valence-corrected chi connectivity index (χ4v) is 3.23. The fourth-order valence-electron chi connectivity index (χ4n) is 2.23. The van der Waals surface area contributed by atoms with E-state index < -0.39 is 10.8 Å². The van der Waals surface area contributed by atoms with Crippen LogP contribution in [0.4, 0.5) is 0 Å². The minimum absolute atomic E-state index is 0.0892. The van der Waals surface area contributed by atoms with E-state index in [-0.39, 0.29) is 11.8 Å². The molecule has 22 heavy (non-hydrogen) atoms. The molecule has 0 aliphatic carbocycles. The second-order valence-electron chi connectivity index (χ2n) is 5.70. The van der Waals surface area contributed by atoms with Gasteiger partial charge in [-0.3, -0.25) is 9.59 Å². The molecule has 1 saturated heterocycles. The monoisotopic (exact) mass is 322 g/mol. The van der Waals surface area contributed by atoms with E-state index in [2.05, 4.69) is 10.6 Å². The molecule has 1 aromatic carbocycles. The number of carbonyl (C=O) groups is 2. The third-order valence-electron chi connectivity index (χ3n) is 3.67. The maximum absolute atomic E-state index is 12.1. The van der Waals surface area contributed by atoms with E-state index in [1.807, 2.05) is 38.1 Å². The van der Waals surface area contributed by atoms with E-state index in [9.17, 15) is 9.59 Å². The Morgan fingerprint density at radius 1 is 1.45 bits per heavy atom. The highest BCUT2D eigenvalue weighted by Gasteiger charge is 2.37. The molecule has 1 aliphatic heterocycles. The number of hydrogen-bond acceptors (Lipinski definition) is 4. The van der Waals surface area contributed by atoms with Crippen molar-refractivity contribution < 1.29 is 14.3 Å². The molecule has 0 bridgehead atoms. The zero-order valence-corrected chi connectivity index (χ0v) is 14.0.